The van der Waals surface area contributed by atoms with E-state index in [1.165, 1.54) is 5.56 Å². The van der Waals surface area contributed by atoms with Crippen LogP contribution in [0.5, 0.6) is 11.5 Å². The maximum absolute atomic E-state index is 10.4. The third kappa shape index (κ3) is 6.60. The summed E-state index contributed by atoms with van der Waals surface area (Å²) in [6.07, 6.45) is 3.47. The second kappa shape index (κ2) is 11.0. The summed E-state index contributed by atoms with van der Waals surface area (Å²) in [6.45, 7) is 7.81. The number of benzene rings is 2. The van der Waals surface area contributed by atoms with Crippen LogP contribution in [0.2, 0.25) is 0 Å². The van der Waals surface area contributed by atoms with E-state index in [0.717, 1.165) is 38.3 Å². The molecule has 1 N–H and O–H groups in total. The van der Waals surface area contributed by atoms with Crippen molar-refractivity contribution < 1.29 is 14.6 Å². The van der Waals surface area contributed by atoms with Crippen LogP contribution in [0, 0.1) is 0 Å². The monoisotopic (exact) mass is 396 g/mol. The zero-order chi connectivity index (χ0) is 20.5. The van der Waals surface area contributed by atoms with Gasteiger partial charge in [0, 0.05) is 39.3 Å². The highest BCUT2D eigenvalue weighted by molar-refractivity contribution is 5.55. The topological polar surface area (TPSA) is 45.2 Å². The number of methoxy groups -OCH3 is 1. The van der Waals surface area contributed by atoms with Crippen molar-refractivity contribution in [3.63, 3.8) is 0 Å². The molecule has 0 bridgehead atoms. The van der Waals surface area contributed by atoms with E-state index in [1.54, 1.807) is 7.11 Å². The first-order valence-corrected chi connectivity index (χ1v) is 10.3. The predicted molar refractivity (Wildman–Crippen MR) is 117 cm³/mol. The lowest BCUT2D eigenvalue weighted by atomic mass is 10.2. The number of hydrogen-bond donors (Lipinski definition) is 1. The van der Waals surface area contributed by atoms with E-state index in [9.17, 15) is 5.11 Å². The Morgan fingerprint density at radius 2 is 1.72 bits per heavy atom. The summed E-state index contributed by atoms with van der Waals surface area (Å²) in [4.78, 5) is 4.77. The van der Waals surface area contributed by atoms with Crippen LogP contribution < -0.4 is 9.47 Å². The second-order valence-corrected chi connectivity index (χ2v) is 7.44. The number of rotatable bonds is 9. The van der Waals surface area contributed by atoms with Crippen LogP contribution >= 0.6 is 0 Å². The van der Waals surface area contributed by atoms with E-state index in [-0.39, 0.29) is 6.61 Å². The average molecular weight is 397 g/mol. The van der Waals surface area contributed by atoms with Gasteiger partial charge in [-0.2, -0.15) is 0 Å². The molecule has 0 aromatic heterocycles. The fraction of sp³-hybridized carbons (Fsp3) is 0.417. The van der Waals surface area contributed by atoms with E-state index in [4.69, 9.17) is 9.47 Å². The van der Waals surface area contributed by atoms with Gasteiger partial charge in [-0.1, -0.05) is 48.6 Å². The van der Waals surface area contributed by atoms with Crippen molar-refractivity contribution in [1.82, 2.24) is 9.80 Å². The molecule has 0 aliphatic carbocycles. The van der Waals surface area contributed by atoms with Crippen LogP contribution in [0.3, 0.4) is 0 Å². The summed E-state index contributed by atoms with van der Waals surface area (Å²) >= 11 is 0. The Morgan fingerprint density at radius 3 is 2.41 bits per heavy atom. The molecular formula is C24H32N2O3. The van der Waals surface area contributed by atoms with Gasteiger partial charge in [0.25, 0.3) is 0 Å². The SMILES string of the molecule is C/C=C/c1ccc(OCC(O)CN2CCN(Cc3ccccc3)CC2)c(OC)c1. The minimum absolute atomic E-state index is 0.254. The number of β-amino-alcohol motifs (C(OH)–C–C–N with tert-alkyl or cyclic N) is 1. The van der Waals surface area contributed by atoms with Crippen molar-refractivity contribution in [3.05, 3.63) is 65.7 Å². The molecule has 1 heterocycles. The fourth-order valence-corrected chi connectivity index (χ4v) is 3.61. The Hall–Kier alpha value is -2.34. The molecule has 1 fully saturated rings. The van der Waals surface area contributed by atoms with Gasteiger partial charge >= 0.3 is 0 Å². The number of allylic oxidation sites excluding steroid dienone is 1. The van der Waals surface area contributed by atoms with Gasteiger partial charge in [0.1, 0.15) is 12.7 Å². The van der Waals surface area contributed by atoms with E-state index in [2.05, 4.69) is 40.1 Å². The molecule has 0 amide bonds. The Labute approximate surface area is 174 Å². The highest BCUT2D eigenvalue weighted by Gasteiger charge is 2.20. The number of piperazine rings is 1. The highest BCUT2D eigenvalue weighted by Crippen LogP contribution is 2.28. The summed E-state index contributed by atoms with van der Waals surface area (Å²) in [7, 11) is 1.63. The van der Waals surface area contributed by atoms with E-state index in [0.29, 0.717) is 18.0 Å². The second-order valence-electron chi connectivity index (χ2n) is 7.44. The van der Waals surface area contributed by atoms with Gasteiger partial charge in [0.2, 0.25) is 0 Å². The highest BCUT2D eigenvalue weighted by atomic mass is 16.5. The Bertz CT molecular complexity index is 771. The third-order valence-electron chi connectivity index (χ3n) is 5.16. The zero-order valence-electron chi connectivity index (χ0n) is 17.5. The Balaban J connectivity index is 1.42. The lowest BCUT2D eigenvalue weighted by Gasteiger charge is -2.35. The molecule has 1 aliphatic rings. The number of nitrogens with zero attached hydrogens (tertiary/aromatic N) is 2. The van der Waals surface area contributed by atoms with E-state index >= 15 is 0 Å². The number of ether oxygens (including phenoxy) is 2. The lowest BCUT2D eigenvalue weighted by molar-refractivity contribution is 0.0440. The van der Waals surface area contributed by atoms with Crippen molar-refractivity contribution in [2.24, 2.45) is 0 Å². The Kier molecular flexibility index (Phi) is 8.11. The smallest absolute Gasteiger partial charge is 0.161 e. The van der Waals surface area contributed by atoms with Crippen LogP contribution in [0.25, 0.3) is 6.08 Å². The van der Waals surface area contributed by atoms with Crippen LogP contribution in [0.15, 0.2) is 54.6 Å². The molecule has 5 heteroatoms. The molecule has 0 spiro atoms. The van der Waals surface area contributed by atoms with E-state index < -0.39 is 6.10 Å². The van der Waals surface area contributed by atoms with Gasteiger partial charge in [-0.25, -0.2) is 0 Å². The van der Waals surface area contributed by atoms with Gasteiger partial charge < -0.3 is 14.6 Å². The van der Waals surface area contributed by atoms with Crippen LogP contribution in [0.4, 0.5) is 0 Å². The summed E-state index contributed by atoms with van der Waals surface area (Å²) in [5.74, 6) is 1.34. The molecular weight excluding hydrogens is 364 g/mol. The minimum Gasteiger partial charge on any atom is -0.493 e. The standard InChI is InChI=1S/C24H32N2O3/c1-3-7-20-10-11-23(24(16-20)28-2)29-19-22(27)18-26-14-12-25(13-15-26)17-21-8-5-4-6-9-21/h3-11,16,22,27H,12-15,17-19H2,1-2H3/b7-3+. The Morgan fingerprint density at radius 1 is 1.00 bits per heavy atom. The van der Waals surface area contributed by atoms with Crippen molar-refractivity contribution in [1.29, 1.82) is 0 Å². The first-order chi connectivity index (χ1) is 14.2. The predicted octanol–water partition coefficient (Wildman–Crippen LogP) is 3.29. The molecule has 1 aliphatic heterocycles. The van der Waals surface area contributed by atoms with Gasteiger partial charge in [-0.3, -0.25) is 9.80 Å². The molecule has 5 nitrogen and oxygen atoms in total. The molecule has 156 valence electrons. The molecule has 1 saturated heterocycles. The van der Waals surface area contributed by atoms with Crippen molar-refractivity contribution >= 4 is 6.08 Å². The lowest BCUT2D eigenvalue weighted by Crippen LogP contribution is -2.48. The van der Waals surface area contributed by atoms with Crippen molar-refractivity contribution in [2.75, 3.05) is 46.4 Å². The van der Waals surface area contributed by atoms with Crippen LogP contribution in [-0.2, 0) is 6.54 Å². The maximum atomic E-state index is 10.4. The summed E-state index contributed by atoms with van der Waals surface area (Å²) < 4.78 is 11.2. The largest absolute Gasteiger partial charge is 0.493 e. The molecule has 0 radical (unpaired) electrons. The molecule has 1 unspecified atom stereocenters. The molecule has 2 aromatic carbocycles. The molecule has 1 atom stereocenters. The van der Waals surface area contributed by atoms with Gasteiger partial charge in [0.05, 0.1) is 7.11 Å². The average Bonchev–Trinajstić information content (AvgIpc) is 2.75. The summed E-state index contributed by atoms with van der Waals surface area (Å²) in [5, 5.41) is 10.4. The number of aliphatic hydroxyl groups is 1. The quantitative estimate of drug-likeness (QED) is 0.705. The summed E-state index contributed by atoms with van der Waals surface area (Å²) in [6, 6.07) is 16.4. The third-order valence-corrected chi connectivity index (χ3v) is 5.16. The first kappa shape index (κ1) is 21.4. The number of aliphatic hydroxyl groups excluding tert-OH is 1. The molecule has 0 saturated carbocycles. The van der Waals surface area contributed by atoms with Gasteiger partial charge in [0.15, 0.2) is 11.5 Å². The van der Waals surface area contributed by atoms with Gasteiger partial charge in [-0.05, 0) is 30.2 Å². The first-order valence-electron chi connectivity index (χ1n) is 10.3. The molecule has 2 aromatic rings. The van der Waals surface area contributed by atoms with Gasteiger partial charge in [-0.15, -0.1) is 0 Å². The number of hydrogen-bond acceptors (Lipinski definition) is 5. The minimum atomic E-state index is -0.532. The fourth-order valence-electron chi connectivity index (χ4n) is 3.61. The molecule has 29 heavy (non-hydrogen) atoms. The van der Waals surface area contributed by atoms with Crippen LogP contribution in [-0.4, -0.2) is 67.5 Å². The van der Waals surface area contributed by atoms with Crippen LogP contribution in [0.1, 0.15) is 18.1 Å². The van der Waals surface area contributed by atoms with E-state index in [1.807, 2.05) is 37.3 Å². The summed E-state index contributed by atoms with van der Waals surface area (Å²) in [5.41, 5.74) is 2.41. The zero-order valence-corrected chi connectivity index (χ0v) is 17.5. The van der Waals surface area contributed by atoms with Crippen molar-refractivity contribution in [2.45, 2.75) is 19.6 Å². The normalized spacial score (nSPS) is 16.8. The molecule has 3 rings (SSSR count). The maximum Gasteiger partial charge on any atom is 0.161 e. The van der Waals surface area contributed by atoms with Crippen molar-refractivity contribution in [3.8, 4) is 11.5 Å².